The van der Waals surface area contributed by atoms with Gasteiger partial charge in [-0.2, -0.15) is 0 Å². The second-order valence-corrected chi connectivity index (χ2v) is 5.35. The largest absolute Gasteiger partial charge is 0.487 e. The summed E-state index contributed by atoms with van der Waals surface area (Å²) in [7, 11) is 0. The van der Waals surface area contributed by atoms with E-state index >= 15 is 0 Å². The van der Waals surface area contributed by atoms with Crippen LogP contribution in [-0.2, 0) is 4.79 Å². The molecule has 1 atom stereocenters. The van der Waals surface area contributed by atoms with Crippen molar-refractivity contribution >= 4 is 5.91 Å². The minimum atomic E-state index is -0.703. The van der Waals surface area contributed by atoms with Gasteiger partial charge in [-0.1, -0.05) is 6.92 Å². The van der Waals surface area contributed by atoms with Gasteiger partial charge in [0.1, 0.15) is 11.9 Å². The van der Waals surface area contributed by atoms with E-state index in [2.05, 4.69) is 0 Å². The number of carbonyl (C=O) groups excluding carboxylic acids is 1. The fourth-order valence-electron chi connectivity index (χ4n) is 2.36. The molecule has 2 rings (SSSR count). The van der Waals surface area contributed by atoms with Crippen LogP contribution < -0.4 is 10.5 Å². The maximum atomic E-state index is 13.5. The van der Waals surface area contributed by atoms with Gasteiger partial charge in [-0.05, 0) is 12.1 Å². The van der Waals surface area contributed by atoms with Gasteiger partial charge in [-0.15, -0.1) is 0 Å². The second-order valence-electron chi connectivity index (χ2n) is 5.35. The molecule has 1 unspecified atom stereocenters. The SMILES string of the molecule is CC(CN)C(=O)N1CCC(Oc2ccc(F)cc2F)CC1. The van der Waals surface area contributed by atoms with Gasteiger partial charge in [0.25, 0.3) is 0 Å². The fourth-order valence-corrected chi connectivity index (χ4v) is 2.36. The third-order valence-corrected chi connectivity index (χ3v) is 3.72. The average Bonchev–Trinajstić information content (AvgIpc) is 2.49. The lowest BCUT2D eigenvalue weighted by Gasteiger charge is -2.33. The van der Waals surface area contributed by atoms with E-state index in [-0.39, 0.29) is 23.7 Å². The van der Waals surface area contributed by atoms with E-state index in [0.29, 0.717) is 32.5 Å². The summed E-state index contributed by atoms with van der Waals surface area (Å²) in [6.45, 7) is 3.27. The van der Waals surface area contributed by atoms with E-state index in [0.717, 1.165) is 6.07 Å². The molecule has 1 fully saturated rings. The molecule has 0 aliphatic carbocycles. The number of benzene rings is 1. The molecule has 1 aromatic carbocycles. The van der Waals surface area contributed by atoms with Crippen LogP contribution in [-0.4, -0.2) is 36.5 Å². The van der Waals surface area contributed by atoms with E-state index in [1.165, 1.54) is 12.1 Å². The molecule has 0 saturated carbocycles. The maximum absolute atomic E-state index is 13.5. The third kappa shape index (κ3) is 3.91. The average molecular weight is 298 g/mol. The van der Waals surface area contributed by atoms with Gasteiger partial charge in [0, 0.05) is 44.5 Å². The Hall–Kier alpha value is -1.69. The van der Waals surface area contributed by atoms with Crippen LogP contribution in [0.25, 0.3) is 0 Å². The van der Waals surface area contributed by atoms with Crippen molar-refractivity contribution in [3.8, 4) is 5.75 Å². The molecule has 0 bridgehead atoms. The topological polar surface area (TPSA) is 55.6 Å². The van der Waals surface area contributed by atoms with Crippen molar-refractivity contribution in [1.82, 2.24) is 4.90 Å². The van der Waals surface area contributed by atoms with Crippen LogP contribution in [0, 0.1) is 17.6 Å². The van der Waals surface area contributed by atoms with Crippen LogP contribution in [0.4, 0.5) is 8.78 Å². The Morgan fingerprint density at radius 2 is 2.10 bits per heavy atom. The summed E-state index contributed by atoms with van der Waals surface area (Å²) in [5, 5.41) is 0. The molecule has 6 heteroatoms. The highest BCUT2D eigenvalue weighted by molar-refractivity contribution is 5.78. The first-order chi connectivity index (χ1) is 10.0. The first kappa shape index (κ1) is 15.7. The summed E-state index contributed by atoms with van der Waals surface area (Å²) in [5.41, 5.74) is 5.49. The second kappa shape index (κ2) is 6.85. The molecule has 0 spiro atoms. The number of likely N-dealkylation sites (tertiary alicyclic amines) is 1. The summed E-state index contributed by atoms with van der Waals surface area (Å²) < 4.78 is 31.9. The number of rotatable bonds is 4. The lowest BCUT2D eigenvalue weighted by molar-refractivity contribution is -0.136. The van der Waals surface area contributed by atoms with Crippen molar-refractivity contribution in [3.63, 3.8) is 0 Å². The van der Waals surface area contributed by atoms with Crippen molar-refractivity contribution in [2.45, 2.75) is 25.9 Å². The predicted molar refractivity (Wildman–Crippen MR) is 74.8 cm³/mol. The standard InChI is InChI=1S/C15H20F2N2O2/c1-10(9-18)15(20)19-6-4-12(5-7-19)21-14-3-2-11(16)8-13(14)17/h2-3,8,10,12H,4-7,9,18H2,1H3. The molecule has 1 aromatic rings. The number of hydrogen-bond acceptors (Lipinski definition) is 3. The Labute approximate surface area is 122 Å². The number of ether oxygens (including phenoxy) is 1. The maximum Gasteiger partial charge on any atom is 0.226 e. The van der Waals surface area contributed by atoms with Crippen LogP contribution in [0.5, 0.6) is 5.75 Å². The molecule has 4 nitrogen and oxygen atoms in total. The highest BCUT2D eigenvalue weighted by Gasteiger charge is 2.26. The Morgan fingerprint density at radius 3 is 2.67 bits per heavy atom. The van der Waals surface area contributed by atoms with E-state index < -0.39 is 11.6 Å². The van der Waals surface area contributed by atoms with Crippen LogP contribution in [0.3, 0.4) is 0 Å². The quantitative estimate of drug-likeness (QED) is 0.924. The number of carbonyl (C=O) groups is 1. The summed E-state index contributed by atoms with van der Waals surface area (Å²) in [4.78, 5) is 13.8. The molecular weight excluding hydrogens is 278 g/mol. The molecule has 0 radical (unpaired) electrons. The van der Waals surface area contributed by atoms with Gasteiger partial charge in [0.05, 0.1) is 0 Å². The van der Waals surface area contributed by atoms with Gasteiger partial charge in [0.2, 0.25) is 5.91 Å². The predicted octanol–water partition coefficient (Wildman–Crippen LogP) is 1.93. The van der Waals surface area contributed by atoms with Crippen molar-refractivity contribution in [2.75, 3.05) is 19.6 Å². The molecule has 1 aliphatic heterocycles. The molecule has 116 valence electrons. The Kier molecular flexibility index (Phi) is 5.12. The number of amides is 1. The lowest BCUT2D eigenvalue weighted by Crippen LogP contribution is -2.45. The molecule has 0 aromatic heterocycles. The molecule has 1 amide bonds. The zero-order valence-electron chi connectivity index (χ0n) is 12.0. The van der Waals surface area contributed by atoms with Crippen molar-refractivity contribution in [2.24, 2.45) is 11.7 Å². The van der Waals surface area contributed by atoms with Crippen LogP contribution in [0.2, 0.25) is 0 Å². The lowest BCUT2D eigenvalue weighted by atomic mass is 10.0. The number of nitrogens with two attached hydrogens (primary N) is 1. The van der Waals surface area contributed by atoms with Gasteiger partial charge >= 0.3 is 0 Å². The molecule has 2 N–H and O–H groups in total. The van der Waals surface area contributed by atoms with Crippen LogP contribution in [0.15, 0.2) is 18.2 Å². The van der Waals surface area contributed by atoms with Gasteiger partial charge < -0.3 is 15.4 Å². The first-order valence-corrected chi connectivity index (χ1v) is 7.12. The number of halogens is 2. The van der Waals surface area contributed by atoms with Crippen LogP contribution in [0.1, 0.15) is 19.8 Å². The Morgan fingerprint density at radius 1 is 1.43 bits per heavy atom. The van der Waals surface area contributed by atoms with Crippen molar-refractivity contribution < 1.29 is 18.3 Å². The molecule has 1 saturated heterocycles. The number of hydrogen-bond donors (Lipinski definition) is 1. The Bertz CT molecular complexity index is 502. The zero-order valence-corrected chi connectivity index (χ0v) is 12.0. The van der Waals surface area contributed by atoms with Gasteiger partial charge in [-0.25, -0.2) is 8.78 Å². The monoisotopic (exact) mass is 298 g/mol. The first-order valence-electron chi connectivity index (χ1n) is 7.12. The summed E-state index contributed by atoms with van der Waals surface area (Å²) in [5.74, 6) is -1.42. The van der Waals surface area contributed by atoms with E-state index in [1.54, 1.807) is 11.8 Å². The molecule has 21 heavy (non-hydrogen) atoms. The van der Waals surface area contributed by atoms with Crippen molar-refractivity contribution in [1.29, 1.82) is 0 Å². The highest BCUT2D eigenvalue weighted by Crippen LogP contribution is 2.23. The highest BCUT2D eigenvalue weighted by atomic mass is 19.1. The fraction of sp³-hybridized carbons (Fsp3) is 0.533. The van der Waals surface area contributed by atoms with E-state index in [9.17, 15) is 13.6 Å². The van der Waals surface area contributed by atoms with E-state index in [4.69, 9.17) is 10.5 Å². The molecule has 1 heterocycles. The third-order valence-electron chi connectivity index (χ3n) is 3.72. The van der Waals surface area contributed by atoms with Crippen molar-refractivity contribution in [3.05, 3.63) is 29.8 Å². The van der Waals surface area contributed by atoms with Gasteiger partial charge in [-0.3, -0.25) is 4.79 Å². The minimum absolute atomic E-state index is 0.0453. The van der Waals surface area contributed by atoms with Crippen LogP contribution >= 0.6 is 0 Å². The smallest absolute Gasteiger partial charge is 0.226 e. The van der Waals surface area contributed by atoms with Gasteiger partial charge in [0.15, 0.2) is 11.6 Å². The summed E-state index contributed by atoms with van der Waals surface area (Å²) in [6.07, 6.45) is 1.09. The molecular formula is C15H20F2N2O2. The number of nitrogens with zero attached hydrogens (tertiary/aromatic N) is 1. The summed E-state index contributed by atoms with van der Waals surface area (Å²) >= 11 is 0. The number of piperidine rings is 1. The normalized spacial score (nSPS) is 17.6. The zero-order chi connectivity index (χ0) is 15.4. The minimum Gasteiger partial charge on any atom is -0.487 e. The van der Waals surface area contributed by atoms with E-state index in [1.807, 2.05) is 0 Å². The molecule has 1 aliphatic rings. The Balaban J connectivity index is 1.88. The summed E-state index contributed by atoms with van der Waals surface area (Å²) in [6, 6.07) is 3.26.